The number of aliphatic hydroxyl groups is 1. The molecule has 0 amide bonds. The van der Waals surface area contributed by atoms with Crippen LogP contribution in [0, 0.1) is 0 Å². The van der Waals surface area contributed by atoms with Crippen LogP contribution in [0.5, 0.6) is 0 Å². The minimum absolute atomic E-state index is 0.270. The first-order valence-corrected chi connectivity index (χ1v) is 6.02. The Morgan fingerprint density at radius 1 is 1.39 bits per heavy atom. The van der Waals surface area contributed by atoms with Crippen LogP contribution in [-0.2, 0) is 16.0 Å². The number of benzene rings is 1. The third-order valence-corrected chi connectivity index (χ3v) is 3.07. The molecule has 0 aliphatic heterocycles. The van der Waals surface area contributed by atoms with Crippen molar-refractivity contribution in [1.29, 1.82) is 0 Å². The Labute approximate surface area is 107 Å². The lowest BCUT2D eigenvalue weighted by Gasteiger charge is -2.33. The van der Waals surface area contributed by atoms with Gasteiger partial charge in [-0.2, -0.15) is 0 Å². The Kier molecular flexibility index (Phi) is 5.31. The van der Waals surface area contributed by atoms with Gasteiger partial charge >= 0.3 is 5.97 Å². The van der Waals surface area contributed by atoms with Gasteiger partial charge in [-0.3, -0.25) is 4.79 Å². The van der Waals surface area contributed by atoms with Crippen molar-refractivity contribution in [2.45, 2.75) is 37.9 Å². The van der Waals surface area contributed by atoms with Crippen LogP contribution in [0.25, 0.3) is 0 Å². The summed E-state index contributed by atoms with van der Waals surface area (Å²) in [6.45, 7) is 1.87. The molecule has 1 aromatic rings. The molecule has 0 unspecified atom stereocenters. The predicted octanol–water partition coefficient (Wildman–Crippen LogP) is 1.86. The Morgan fingerprint density at radius 3 is 2.44 bits per heavy atom. The van der Waals surface area contributed by atoms with E-state index in [2.05, 4.69) is 0 Å². The van der Waals surface area contributed by atoms with Gasteiger partial charge in [0.1, 0.15) is 5.60 Å². The van der Waals surface area contributed by atoms with Crippen molar-refractivity contribution in [2.24, 2.45) is 0 Å². The largest absolute Gasteiger partial charge is 0.481 e. The number of aliphatic carboxylic acids is 1. The van der Waals surface area contributed by atoms with E-state index in [0.29, 0.717) is 6.42 Å². The number of carbonyl (C=O) groups is 1. The van der Waals surface area contributed by atoms with Gasteiger partial charge in [0.15, 0.2) is 0 Å². The van der Waals surface area contributed by atoms with Gasteiger partial charge in [-0.25, -0.2) is 0 Å². The fraction of sp³-hybridized carbons (Fsp3) is 0.500. The highest BCUT2D eigenvalue weighted by molar-refractivity contribution is 5.68. The van der Waals surface area contributed by atoms with Crippen LogP contribution in [0.3, 0.4) is 0 Å². The average molecular weight is 252 g/mol. The number of carboxylic acids is 1. The number of hydrogen-bond acceptors (Lipinski definition) is 3. The summed E-state index contributed by atoms with van der Waals surface area (Å²) in [5, 5.41) is 19.5. The zero-order valence-corrected chi connectivity index (χ0v) is 10.8. The van der Waals surface area contributed by atoms with Gasteiger partial charge in [0.25, 0.3) is 0 Å². The molecular weight excluding hydrogens is 232 g/mol. The van der Waals surface area contributed by atoms with E-state index in [0.717, 1.165) is 5.56 Å². The van der Waals surface area contributed by atoms with Gasteiger partial charge in [-0.1, -0.05) is 37.3 Å². The molecule has 0 aliphatic carbocycles. The third kappa shape index (κ3) is 3.82. The Morgan fingerprint density at radius 2 is 2.00 bits per heavy atom. The van der Waals surface area contributed by atoms with E-state index >= 15 is 0 Å². The van der Waals surface area contributed by atoms with Crippen LogP contribution in [0.15, 0.2) is 30.3 Å². The highest BCUT2D eigenvalue weighted by atomic mass is 16.5. The second-order valence-corrected chi connectivity index (χ2v) is 4.47. The number of methoxy groups -OCH3 is 1. The molecule has 0 aromatic heterocycles. The van der Waals surface area contributed by atoms with Gasteiger partial charge in [0.2, 0.25) is 0 Å². The van der Waals surface area contributed by atoms with E-state index in [1.165, 1.54) is 7.11 Å². The van der Waals surface area contributed by atoms with Crippen molar-refractivity contribution in [3.05, 3.63) is 35.9 Å². The van der Waals surface area contributed by atoms with Crippen LogP contribution in [-0.4, -0.2) is 35.0 Å². The zero-order chi connectivity index (χ0) is 13.6. The van der Waals surface area contributed by atoms with Crippen LogP contribution >= 0.6 is 0 Å². The summed E-state index contributed by atoms with van der Waals surface area (Å²) in [4.78, 5) is 10.9. The molecule has 100 valence electrons. The van der Waals surface area contributed by atoms with Crippen molar-refractivity contribution < 1.29 is 19.7 Å². The molecule has 0 bridgehead atoms. The number of hydrogen-bond donors (Lipinski definition) is 2. The fourth-order valence-electron chi connectivity index (χ4n) is 2.27. The molecule has 18 heavy (non-hydrogen) atoms. The molecular formula is C14H20O4. The molecule has 0 spiro atoms. The summed E-state index contributed by atoms with van der Waals surface area (Å²) >= 11 is 0. The maximum atomic E-state index is 10.9. The van der Waals surface area contributed by atoms with Crippen LogP contribution in [0.2, 0.25) is 0 Å². The Balaban J connectivity index is 2.93. The van der Waals surface area contributed by atoms with Gasteiger partial charge in [-0.15, -0.1) is 0 Å². The van der Waals surface area contributed by atoms with E-state index in [1.807, 2.05) is 37.3 Å². The minimum Gasteiger partial charge on any atom is -0.481 e. The first-order valence-electron chi connectivity index (χ1n) is 6.02. The first-order chi connectivity index (χ1) is 8.51. The van der Waals surface area contributed by atoms with Crippen molar-refractivity contribution >= 4 is 5.97 Å². The minimum atomic E-state index is -1.38. The summed E-state index contributed by atoms with van der Waals surface area (Å²) in [5.41, 5.74) is -0.479. The van der Waals surface area contributed by atoms with E-state index in [4.69, 9.17) is 9.84 Å². The lowest BCUT2D eigenvalue weighted by molar-refractivity contribution is -0.151. The maximum Gasteiger partial charge on any atom is 0.306 e. The monoisotopic (exact) mass is 252 g/mol. The first kappa shape index (κ1) is 14.7. The number of carboxylic acid groups (broad SMARTS) is 1. The molecule has 1 aromatic carbocycles. The molecule has 0 heterocycles. The lowest BCUT2D eigenvalue weighted by atomic mass is 9.84. The molecule has 4 heteroatoms. The smallest absolute Gasteiger partial charge is 0.306 e. The van der Waals surface area contributed by atoms with Crippen molar-refractivity contribution in [3.8, 4) is 0 Å². The van der Waals surface area contributed by atoms with E-state index < -0.39 is 17.7 Å². The zero-order valence-electron chi connectivity index (χ0n) is 10.8. The highest BCUT2D eigenvalue weighted by Crippen LogP contribution is 2.25. The third-order valence-electron chi connectivity index (χ3n) is 3.07. The van der Waals surface area contributed by atoms with E-state index in [9.17, 15) is 9.90 Å². The topological polar surface area (TPSA) is 66.8 Å². The summed E-state index contributed by atoms with van der Waals surface area (Å²) < 4.78 is 5.22. The SMILES string of the molecule is CC[C@H](OC)[C@@](O)(CC(=O)O)Cc1ccccc1. The Bertz CT molecular complexity index is 373. The molecule has 2 atom stereocenters. The molecule has 0 saturated heterocycles. The van der Waals surface area contributed by atoms with Crippen molar-refractivity contribution in [1.82, 2.24) is 0 Å². The quantitative estimate of drug-likeness (QED) is 0.777. The molecule has 4 nitrogen and oxygen atoms in total. The molecule has 0 radical (unpaired) electrons. The van der Waals surface area contributed by atoms with Crippen LogP contribution in [0.4, 0.5) is 0 Å². The summed E-state index contributed by atoms with van der Waals surface area (Å²) in [6.07, 6.45) is 0.0159. The van der Waals surface area contributed by atoms with Crippen molar-refractivity contribution in [2.75, 3.05) is 7.11 Å². The fourth-order valence-corrected chi connectivity index (χ4v) is 2.27. The highest BCUT2D eigenvalue weighted by Gasteiger charge is 2.38. The van der Waals surface area contributed by atoms with Gasteiger partial charge in [0.05, 0.1) is 12.5 Å². The summed E-state index contributed by atoms with van der Waals surface area (Å²) in [7, 11) is 1.49. The van der Waals surface area contributed by atoms with Crippen molar-refractivity contribution in [3.63, 3.8) is 0 Å². The Hall–Kier alpha value is -1.39. The molecule has 1 rings (SSSR count). The van der Waals surface area contributed by atoms with Crippen LogP contribution in [0.1, 0.15) is 25.3 Å². The second-order valence-electron chi connectivity index (χ2n) is 4.47. The normalized spacial score (nSPS) is 15.9. The standard InChI is InChI=1S/C14H20O4/c1-3-12(18-2)14(17,10-13(15)16)9-11-7-5-4-6-8-11/h4-8,12,17H,3,9-10H2,1-2H3,(H,15,16)/t12-,14-/m0/s1. The average Bonchev–Trinajstić information content (AvgIpc) is 2.30. The number of ether oxygens (including phenoxy) is 1. The lowest BCUT2D eigenvalue weighted by Crippen LogP contribution is -2.46. The molecule has 0 saturated carbocycles. The number of rotatable bonds is 7. The molecule has 2 N–H and O–H groups in total. The van der Waals surface area contributed by atoms with Crippen LogP contribution < -0.4 is 0 Å². The van der Waals surface area contributed by atoms with Gasteiger partial charge in [0, 0.05) is 13.5 Å². The molecule has 0 aliphatic rings. The second kappa shape index (κ2) is 6.52. The van der Waals surface area contributed by atoms with E-state index in [1.54, 1.807) is 0 Å². The van der Waals surface area contributed by atoms with Gasteiger partial charge in [-0.05, 0) is 12.0 Å². The molecule has 0 fully saturated rings. The summed E-state index contributed by atoms with van der Waals surface area (Å²) in [5.74, 6) is -1.02. The predicted molar refractivity (Wildman–Crippen MR) is 68.4 cm³/mol. The van der Waals surface area contributed by atoms with E-state index in [-0.39, 0.29) is 12.8 Å². The maximum absolute atomic E-state index is 10.9. The summed E-state index contributed by atoms with van der Waals surface area (Å²) in [6, 6.07) is 9.35. The van der Waals surface area contributed by atoms with Gasteiger partial charge < -0.3 is 14.9 Å².